The van der Waals surface area contributed by atoms with Gasteiger partial charge in [-0.3, -0.25) is 4.98 Å². The summed E-state index contributed by atoms with van der Waals surface area (Å²) >= 11 is 0. The Kier molecular flexibility index (Phi) is 4.13. The summed E-state index contributed by atoms with van der Waals surface area (Å²) in [4.78, 5) is 3.76. The summed E-state index contributed by atoms with van der Waals surface area (Å²) in [5.41, 5.74) is -1.60. The Morgan fingerprint density at radius 3 is 2.52 bits per heavy atom. The molecule has 1 heterocycles. The highest BCUT2D eigenvalue weighted by Crippen LogP contribution is 2.37. The van der Waals surface area contributed by atoms with Crippen molar-refractivity contribution in [2.24, 2.45) is 0 Å². The largest absolute Gasteiger partial charge is 0.495 e. The standard InChI is InChI=1S/C14H11F4NO2/c1-21-10-4-8(6-19-7-10)13(20)11-5-9(15)2-3-12(11)14(16,17)18/h2-7,13,20H,1H3. The van der Waals surface area contributed by atoms with Crippen molar-refractivity contribution < 1.29 is 27.4 Å². The average Bonchev–Trinajstić information content (AvgIpc) is 2.45. The normalized spacial score (nSPS) is 13.0. The predicted octanol–water partition coefficient (Wildman–Crippen LogP) is 3.33. The van der Waals surface area contributed by atoms with Crippen molar-refractivity contribution in [2.75, 3.05) is 7.11 Å². The third-order valence-corrected chi connectivity index (χ3v) is 2.90. The summed E-state index contributed by atoms with van der Waals surface area (Å²) in [5.74, 6) is -0.593. The summed E-state index contributed by atoms with van der Waals surface area (Å²) < 4.78 is 56.9. The highest BCUT2D eigenvalue weighted by molar-refractivity contribution is 5.38. The van der Waals surface area contributed by atoms with Gasteiger partial charge in [0.05, 0.1) is 18.9 Å². The molecule has 2 aromatic rings. The molecule has 1 atom stereocenters. The van der Waals surface area contributed by atoms with E-state index < -0.39 is 29.2 Å². The van der Waals surface area contributed by atoms with Crippen LogP contribution < -0.4 is 4.74 Å². The van der Waals surface area contributed by atoms with Gasteiger partial charge in [-0.25, -0.2) is 4.39 Å². The molecule has 3 nitrogen and oxygen atoms in total. The Morgan fingerprint density at radius 1 is 1.19 bits per heavy atom. The number of aromatic nitrogens is 1. The fourth-order valence-electron chi connectivity index (χ4n) is 1.89. The minimum atomic E-state index is -4.70. The average molecular weight is 301 g/mol. The van der Waals surface area contributed by atoms with Crippen LogP contribution in [0.2, 0.25) is 0 Å². The maximum atomic E-state index is 13.2. The Bertz CT molecular complexity index is 643. The molecular weight excluding hydrogens is 290 g/mol. The molecule has 0 aliphatic heterocycles. The van der Waals surface area contributed by atoms with Crippen LogP contribution in [0.4, 0.5) is 17.6 Å². The lowest BCUT2D eigenvalue weighted by atomic mass is 9.97. The van der Waals surface area contributed by atoms with E-state index in [0.29, 0.717) is 18.2 Å². The molecule has 2 rings (SSSR count). The Morgan fingerprint density at radius 2 is 1.90 bits per heavy atom. The first-order valence-corrected chi connectivity index (χ1v) is 5.86. The van der Waals surface area contributed by atoms with Crippen LogP contribution in [-0.2, 0) is 6.18 Å². The topological polar surface area (TPSA) is 42.4 Å². The van der Waals surface area contributed by atoms with Gasteiger partial charge < -0.3 is 9.84 Å². The number of ether oxygens (including phenoxy) is 1. The van der Waals surface area contributed by atoms with Crippen molar-refractivity contribution in [2.45, 2.75) is 12.3 Å². The third kappa shape index (κ3) is 3.30. The van der Waals surface area contributed by atoms with Gasteiger partial charge in [0.2, 0.25) is 0 Å². The molecule has 1 aromatic carbocycles. The fourth-order valence-corrected chi connectivity index (χ4v) is 1.89. The van der Waals surface area contributed by atoms with Crippen molar-refractivity contribution in [3.63, 3.8) is 0 Å². The van der Waals surface area contributed by atoms with Crippen LogP contribution in [0.25, 0.3) is 0 Å². The molecule has 1 aromatic heterocycles. The Hall–Kier alpha value is -2.15. The number of halogens is 4. The number of methoxy groups -OCH3 is 1. The number of hydrogen-bond acceptors (Lipinski definition) is 3. The van der Waals surface area contributed by atoms with Crippen molar-refractivity contribution in [1.82, 2.24) is 4.98 Å². The van der Waals surface area contributed by atoms with E-state index in [1.165, 1.54) is 25.6 Å². The number of aliphatic hydroxyl groups excluding tert-OH is 1. The van der Waals surface area contributed by atoms with Gasteiger partial charge >= 0.3 is 6.18 Å². The summed E-state index contributed by atoms with van der Waals surface area (Å²) in [7, 11) is 1.36. The first kappa shape index (κ1) is 15.2. The minimum Gasteiger partial charge on any atom is -0.495 e. The summed E-state index contributed by atoms with van der Waals surface area (Å²) in [5, 5.41) is 10.1. The minimum absolute atomic E-state index is 0.0745. The number of aliphatic hydroxyl groups is 1. The van der Waals surface area contributed by atoms with E-state index in [9.17, 15) is 22.7 Å². The lowest BCUT2D eigenvalue weighted by molar-refractivity contribution is -0.139. The van der Waals surface area contributed by atoms with Gasteiger partial charge in [-0.15, -0.1) is 0 Å². The second-order valence-electron chi connectivity index (χ2n) is 4.29. The zero-order valence-corrected chi connectivity index (χ0v) is 10.9. The summed E-state index contributed by atoms with van der Waals surface area (Å²) in [6.45, 7) is 0. The maximum absolute atomic E-state index is 13.2. The van der Waals surface area contributed by atoms with Gasteiger partial charge in [-0.2, -0.15) is 13.2 Å². The highest BCUT2D eigenvalue weighted by Gasteiger charge is 2.35. The zero-order valence-electron chi connectivity index (χ0n) is 10.9. The molecule has 0 aliphatic rings. The van der Waals surface area contributed by atoms with E-state index >= 15 is 0 Å². The van der Waals surface area contributed by atoms with Crippen LogP contribution in [-0.4, -0.2) is 17.2 Å². The number of rotatable bonds is 3. The van der Waals surface area contributed by atoms with E-state index in [1.54, 1.807) is 0 Å². The third-order valence-electron chi connectivity index (χ3n) is 2.90. The van der Waals surface area contributed by atoms with Crippen LogP contribution in [0.5, 0.6) is 5.75 Å². The van der Waals surface area contributed by atoms with Gasteiger partial charge in [-0.05, 0) is 24.3 Å². The van der Waals surface area contributed by atoms with Crippen LogP contribution in [0.15, 0.2) is 36.7 Å². The molecule has 0 aliphatic carbocycles. The van der Waals surface area contributed by atoms with E-state index in [4.69, 9.17) is 4.74 Å². The first-order chi connectivity index (χ1) is 9.82. The molecule has 21 heavy (non-hydrogen) atoms. The maximum Gasteiger partial charge on any atom is 0.416 e. The zero-order chi connectivity index (χ0) is 15.6. The quantitative estimate of drug-likeness (QED) is 0.884. The lowest BCUT2D eigenvalue weighted by Crippen LogP contribution is -2.13. The van der Waals surface area contributed by atoms with E-state index in [1.807, 2.05) is 0 Å². The fraction of sp³-hybridized carbons (Fsp3) is 0.214. The van der Waals surface area contributed by atoms with E-state index in [0.717, 1.165) is 0 Å². The van der Waals surface area contributed by atoms with E-state index in [-0.39, 0.29) is 11.3 Å². The van der Waals surface area contributed by atoms with Crippen molar-refractivity contribution >= 4 is 0 Å². The van der Waals surface area contributed by atoms with Crippen LogP contribution in [0.3, 0.4) is 0 Å². The van der Waals surface area contributed by atoms with Crippen LogP contribution >= 0.6 is 0 Å². The van der Waals surface area contributed by atoms with Gasteiger partial charge in [0.25, 0.3) is 0 Å². The molecule has 0 radical (unpaired) electrons. The SMILES string of the molecule is COc1cncc(C(O)c2cc(F)ccc2C(F)(F)F)c1. The van der Waals surface area contributed by atoms with E-state index in [2.05, 4.69) is 4.98 Å². The molecule has 0 spiro atoms. The second-order valence-corrected chi connectivity index (χ2v) is 4.29. The van der Waals surface area contributed by atoms with Gasteiger partial charge in [0.15, 0.2) is 0 Å². The van der Waals surface area contributed by atoms with Gasteiger partial charge in [0, 0.05) is 17.3 Å². The second kappa shape index (κ2) is 5.69. The summed E-state index contributed by atoms with van der Waals surface area (Å²) in [6, 6.07) is 3.29. The highest BCUT2D eigenvalue weighted by atomic mass is 19.4. The first-order valence-electron chi connectivity index (χ1n) is 5.86. The molecule has 0 fully saturated rings. The smallest absolute Gasteiger partial charge is 0.416 e. The Balaban J connectivity index is 2.51. The number of benzene rings is 1. The van der Waals surface area contributed by atoms with Crippen LogP contribution in [0.1, 0.15) is 22.8 Å². The molecule has 7 heteroatoms. The Labute approximate surface area is 117 Å². The molecular formula is C14H11F4NO2. The molecule has 0 amide bonds. The monoisotopic (exact) mass is 301 g/mol. The van der Waals surface area contributed by atoms with Crippen molar-refractivity contribution in [1.29, 1.82) is 0 Å². The summed E-state index contributed by atoms with van der Waals surface area (Å²) in [6.07, 6.45) is -3.83. The lowest BCUT2D eigenvalue weighted by Gasteiger charge is -2.18. The number of nitrogens with zero attached hydrogens (tertiary/aromatic N) is 1. The molecule has 0 saturated carbocycles. The molecule has 1 N–H and O–H groups in total. The van der Waals surface area contributed by atoms with Gasteiger partial charge in [-0.1, -0.05) is 0 Å². The van der Waals surface area contributed by atoms with Crippen molar-refractivity contribution in [3.05, 3.63) is 59.2 Å². The number of pyridine rings is 1. The molecule has 0 saturated heterocycles. The molecule has 1 unspecified atom stereocenters. The van der Waals surface area contributed by atoms with Crippen LogP contribution in [0, 0.1) is 5.82 Å². The number of hydrogen-bond donors (Lipinski definition) is 1. The van der Waals surface area contributed by atoms with Gasteiger partial charge in [0.1, 0.15) is 17.7 Å². The predicted molar refractivity (Wildman–Crippen MR) is 66.3 cm³/mol. The molecule has 0 bridgehead atoms. The number of alkyl halides is 3. The van der Waals surface area contributed by atoms with Crippen molar-refractivity contribution in [3.8, 4) is 5.75 Å². The molecule has 112 valence electrons.